The Kier molecular flexibility index (Phi) is 3.82. The van der Waals surface area contributed by atoms with Crippen LogP contribution < -0.4 is 11.1 Å². The lowest BCUT2D eigenvalue weighted by Gasteiger charge is -2.09. The molecule has 0 radical (unpaired) electrons. The summed E-state index contributed by atoms with van der Waals surface area (Å²) >= 11 is 0. The highest BCUT2D eigenvalue weighted by Gasteiger charge is 2.10. The van der Waals surface area contributed by atoms with Crippen molar-refractivity contribution in [1.82, 2.24) is 0 Å². The summed E-state index contributed by atoms with van der Waals surface area (Å²) in [6.07, 6.45) is 0.285. The number of anilines is 1. The minimum absolute atomic E-state index is 0.143. The van der Waals surface area contributed by atoms with E-state index in [-0.39, 0.29) is 23.7 Å². The second-order valence-electron chi connectivity index (χ2n) is 3.08. The molecular weight excluding hydrogens is 213 g/mol. The highest BCUT2D eigenvalue weighted by Crippen LogP contribution is 2.17. The summed E-state index contributed by atoms with van der Waals surface area (Å²) in [4.78, 5) is 11.2. The van der Waals surface area contributed by atoms with E-state index in [1.807, 2.05) is 0 Å². The minimum atomic E-state index is -0.531. The van der Waals surface area contributed by atoms with Crippen LogP contribution in [0.4, 0.5) is 10.1 Å². The van der Waals surface area contributed by atoms with Crippen molar-refractivity contribution in [2.45, 2.75) is 13.3 Å². The van der Waals surface area contributed by atoms with E-state index in [0.717, 1.165) is 6.07 Å². The first-order valence-electron chi connectivity index (χ1n) is 4.65. The van der Waals surface area contributed by atoms with Crippen LogP contribution in [0.15, 0.2) is 23.4 Å². The van der Waals surface area contributed by atoms with Crippen molar-refractivity contribution >= 4 is 17.4 Å². The predicted molar refractivity (Wildman–Crippen MR) is 57.8 cm³/mol. The van der Waals surface area contributed by atoms with Crippen molar-refractivity contribution in [3.63, 3.8) is 0 Å². The molecule has 0 unspecified atom stereocenters. The van der Waals surface area contributed by atoms with Crippen LogP contribution >= 0.6 is 0 Å². The third kappa shape index (κ3) is 2.69. The number of nitrogens with zero attached hydrogens (tertiary/aromatic N) is 1. The van der Waals surface area contributed by atoms with Crippen molar-refractivity contribution in [2.24, 2.45) is 10.9 Å². The number of oxime groups is 1. The molecule has 0 bridgehead atoms. The van der Waals surface area contributed by atoms with Gasteiger partial charge in [0.15, 0.2) is 5.84 Å². The number of hydrogen-bond donors (Lipinski definition) is 3. The van der Waals surface area contributed by atoms with Gasteiger partial charge in [-0.25, -0.2) is 4.39 Å². The molecule has 5 nitrogen and oxygen atoms in total. The largest absolute Gasteiger partial charge is 0.409 e. The molecule has 1 aromatic carbocycles. The maximum absolute atomic E-state index is 13.0. The number of rotatable bonds is 3. The number of carbonyl (C=O) groups excluding carboxylic acids is 1. The van der Waals surface area contributed by atoms with Gasteiger partial charge < -0.3 is 16.3 Å². The maximum atomic E-state index is 13.0. The number of carbonyl (C=O) groups is 1. The smallest absolute Gasteiger partial charge is 0.224 e. The molecule has 0 fully saturated rings. The second-order valence-corrected chi connectivity index (χ2v) is 3.08. The van der Waals surface area contributed by atoms with Crippen LogP contribution in [0.1, 0.15) is 18.9 Å². The van der Waals surface area contributed by atoms with Gasteiger partial charge in [0.1, 0.15) is 5.82 Å². The first kappa shape index (κ1) is 12.0. The summed E-state index contributed by atoms with van der Waals surface area (Å²) in [6.45, 7) is 1.68. The average Bonchev–Trinajstić information content (AvgIpc) is 2.30. The van der Waals surface area contributed by atoms with Gasteiger partial charge in [-0.05, 0) is 18.2 Å². The average molecular weight is 225 g/mol. The van der Waals surface area contributed by atoms with E-state index in [1.165, 1.54) is 12.1 Å². The van der Waals surface area contributed by atoms with Crippen LogP contribution in [-0.2, 0) is 4.79 Å². The van der Waals surface area contributed by atoms with Crippen molar-refractivity contribution < 1.29 is 14.4 Å². The zero-order valence-corrected chi connectivity index (χ0v) is 8.70. The fraction of sp³-hybridized carbons (Fsp3) is 0.200. The van der Waals surface area contributed by atoms with E-state index in [9.17, 15) is 9.18 Å². The van der Waals surface area contributed by atoms with E-state index in [4.69, 9.17) is 10.9 Å². The molecule has 0 atom stereocenters. The molecule has 0 spiro atoms. The standard InChI is InChI=1S/C10H12FN3O2/c1-2-9(15)13-8-4-3-6(11)5-7(8)10(12)14-16/h3-5,16H,2H2,1H3,(H2,12,14)(H,13,15). The highest BCUT2D eigenvalue weighted by atomic mass is 19.1. The van der Waals surface area contributed by atoms with Crippen LogP contribution in [0.5, 0.6) is 0 Å². The Morgan fingerprint density at radius 3 is 2.88 bits per heavy atom. The topological polar surface area (TPSA) is 87.7 Å². The molecule has 6 heteroatoms. The van der Waals surface area contributed by atoms with E-state index in [2.05, 4.69) is 10.5 Å². The maximum Gasteiger partial charge on any atom is 0.224 e. The van der Waals surface area contributed by atoms with E-state index >= 15 is 0 Å². The van der Waals surface area contributed by atoms with Gasteiger partial charge in [-0.2, -0.15) is 0 Å². The molecule has 1 amide bonds. The molecule has 0 aliphatic heterocycles. The van der Waals surface area contributed by atoms with Gasteiger partial charge in [-0.1, -0.05) is 12.1 Å². The van der Waals surface area contributed by atoms with Crippen molar-refractivity contribution in [1.29, 1.82) is 0 Å². The molecular formula is C10H12FN3O2. The van der Waals surface area contributed by atoms with Gasteiger partial charge in [-0.15, -0.1) is 0 Å². The molecule has 0 heterocycles. The van der Waals surface area contributed by atoms with E-state index in [0.29, 0.717) is 5.69 Å². The monoisotopic (exact) mass is 225 g/mol. The molecule has 0 saturated heterocycles. The SMILES string of the molecule is CCC(=O)Nc1ccc(F)cc1/C(N)=N/O. The number of halogens is 1. The number of benzene rings is 1. The van der Waals surface area contributed by atoms with Crippen molar-refractivity contribution in [2.75, 3.05) is 5.32 Å². The lowest BCUT2D eigenvalue weighted by molar-refractivity contribution is -0.115. The third-order valence-corrected chi connectivity index (χ3v) is 1.96. The first-order chi connectivity index (χ1) is 7.58. The number of nitrogens with one attached hydrogen (secondary N) is 1. The zero-order chi connectivity index (χ0) is 12.1. The molecule has 86 valence electrons. The zero-order valence-electron chi connectivity index (χ0n) is 8.70. The Balaban J connectivity index is 3.12. The molecule has 0 aliphatic carbocycles. The Morgan fingerprint density at radius 1 is 1.62 bits per heavy atom. The quantitative estimate of drug-likeness (QED) is 0.313. The van der Waals surface area contributed by atoms with Gasteiger partial charge in [-0.3, -0.25) is 4.79 Å². The molecule has 4 N–H and O–H groups in total. The molecule has 16 heavy (non-hydrogen) atoms. The van der Waals surface area contributed by atoms with Gasteiger partial charge in [0.05, 0.1) is 5.69 Å². The molecule has 1 rings (SSSR count). The molecule has 1 aromatic rings. The van der Waals surface area contributed by atoms with Crippen LogP contribution in [0.2, 0.25) is 0 Å². The van der Waals surface area contributed by atoms with Crippen molar-refractivity contribution in [3.05, 3.63) is 29.6 Å². The third-order valence-electron chi connectivity index (χ3n) is 1.96. The van der Waals surface area contributed by atoms with Crippen LogP contribution in [-0.4, -0.2) is 17.0 Å². The Bertz CT molecular complexity index is 432. The summed E-state index contributed by atoms with van der Waals surface area (Å²) in [5, 5.41) is 13.8. The van der Waals surface area contributed by atoms with Crippen LogP contribution in [0.3, 0.4) is 0 Å². The first-order valence-corrected chi connectivity index (χ1v) is 4.65. The summed E-state index contributed by atoms with van der Waals surface area (Å²) in [5.74, 6) is -1.03. The lowest BCUT2D eigenvalue weighted by atomic mass is 10.1. The predicted octanol–water partition coefficient (Wildman–Crippen LogP) is 1.27. The number of hydrogen-bond acceptors (Lipinski definition) is 3. The van der Waals surface area contributed by atoms with Gasteiger partial charge >= 0.3 is 0 Å². The molecule has 0 saturated carbocycles. The number of amidine groups is 1. The Labute approximate surface area is 91.8 Å². The fourth-order valence-corrected chi connectivity index (χ4v) is 1.13. The molecule has 0 aromatic heterocycles. The van der Waals surface area contributed by atoms with E-state index in [1.54, 1.807) is 6.92 Å². The van der Waals surface area contributed by atoms with Gasteiger partial charge in [0, 0.05) is 12.0 Å². The summed E-state index contributed by atoms with van der Waals surface area (Å²) < 4.78 is 13.0. The van der Waals surface area contributed by atoms with Gasteiger partial charge in [0.25, 0.3) is 0 Å². The Hall–Kier alpha value is -2.11. The number of nitrogens with two attached hydrogens (primary N) is 1. The van der Waals surface area contributed by atoms with Crippen LogP contribution in [0, 0.1) is 5.82 Å². The summed E-state index contributed by atoms with van der Waals surface area (Å²) in [6, 6.07) is 3.62. The van der Waals surface area contributed by atoms with E-state index < -0.39 is 5.82 Å². The summed E-state index contributed by atoms with van der Waals surface area (Å²) in [5.41, 5.74) is 5.81. The second kappa shape index (κ2) is 5.11. The highest BCUT2D eigenvalue weighted by molar-refractivity contribution is 6.05. The fourth-order valence-electron chi connectivity index (χ4n) is 1.13. The van der Waals surface area contributed by atoms with Gasteiger partial charge in [0.2, 0.25) is 5.91 Å². The minimum Gasteiger partial charge on any atom is -0.409 e. The van der Waals surface area contributed by atoms with Crippen molar-refractivity contribution in [3.8, 4) is 0 Å². The lowest BCUT2D eigenvalue weighted by Crippen LogP contribution is -2.18. The molecule has 0 aliphatic rings. The normalized spacial score (nSPS) is 11.2. The summed E-state index contributed by atoms with van der Waals surface area (Å²) in [7, 11) is 0. The number of amides is 1. The van der Waals surface area contributed by atoms with Crippen LogP contribution in [0.25, 0.3) is 0 Å². The Morgan fingerprint density at radius 2 is 2.31 bits per heavy atom.